The van der Waals surface area contributed by atoms with Crippen LogP contribution in [0.2, 0.25) is 0 Å². The molecule has 1 rings (SSSR count). The molecule has 1 unspecified atom stereocenters. The third-order valence-electron chi connectivity index (χ3n) is 2.39. The van der Waals surface area contributed by atoms with Crippen molar-refractivity contribution in [3.05, 3.63) is 29.3 Å². The number of benzene rings is 1. The van der Waals surface area contributed by atoms with E-state index in [1.807, 2.05) is 0 Å². The third kappa shape index (κ3) is 3.85. The molecular formula is C11H11F3N2O4. The van der Waals surface area contributed by atoms with Gasteiger partial charge in [0.25, 0.3) is 0 Å². The molecule has 0 saturated carbocycles. The number of anilines is 1. The average Bonchev–Trinajstić information content (AvgIpc) is 2.34. The Labute approximate surface area is 111 Å². The fourth-order valence-corrected chi connectivity index (χ4v) is 1.36. The number of aromatic carboxylic acids is 1. The minimum absolute atomic E-state index is 0.161. The molecule has 0 aliphatic heterocycles. The second-order valence-electron chi connectivity index (χ2n) is 3.86. The first-order chi connectivity index (χ1) is 9.12. The summed E-state index contributed by atoms with van der Waals surface area (Å²) in [6.07, 6.45) is -6.26. The molecule has 0 aliphatic rings. The van der Waals surface area contributed by atoms with E-state index in [-0.39, 0.29) is 5.69 Å². The van der Waals surface area contributed by atoms with Crippen molar-refractivity contribution in [1.29, 1.82) is 0 Å². The number of aliphatic hydroxyl groups excluding tert-OH is 1. The van der Waals surface area contributed by atoms with E-state index in [1.165, 1.54) is 0 Å². The van der Waals surface area contributed by atoms with Crippen LogP contribution in [0.1, 0.15) is 15.9 Å². The lowest BCUT2D eigenvalue weighted by Crippen LogP contribution is -2.34. The highest BCUT2D eigenvalue weighted by molar-refractivity contribution is 5.94. The van der Waals surface area contributed by atoms with Crippen molar-refractivity contribution in [2.75, 3.05) is 11.9 Å². The molecule has 0 saturated heterocycles. The van der Waals surface area contributed by atoms with Crippen molar-refractivity contribution in [3.8, 4) is 0 Å². The summed E-state index contributed by atoms with van der Waals surface area (Å²) in [4.78, 5) is 21.5. The van der Waals surface area contributed by atoms with Crippen LogP contribution in [-0.2, 0) is 11.0 Å². The number of carboxylic acids is 1. The van der Waals surface area contributed by atoms with E-state index in [2.05, 4.69) is 5.32 Å². The molecule has 20 heavy (non-hydrogen) atoms. The predicted octanol–water partition coefficient (Wildman–Crippen LogP) is 0.662. The van der Waals surface area contributed by atoms with E-state index in [4.69, 9.17) is 15.9 Å². The van der Waals surface area contributed by atoms with Crippen LogP contribution in [0.25, 0.3) is 0 Å². The molecule has 0 bridgehead atoms. The molecule has 5 N–H and O–H groups in total. The molecule has 0 aromatic heterocycles. The Bertz CT molecular complexity index is 531. The summed E-state index contributed by atoms with van der Waals surface area (Å²) in [6.45, 7) is -0.416. The molecule has 9 heteroatoms. The normalized spacial score (nSPS) is 12.8. The maximum absolute atomic E-state index is 12.5. The van der Waals surface area contributed by atoms with Gasteiger partial charge in [-0.05, 0) is 18.2 Å². The van der Waals surface area contributed by atoms with Crippen LogP contribution in [-0.4, -0.2) is 34.7 Å². The van der Waals surface area contributed by atoms with Gasteiger partial charge < -0.3 is 21.3 Å². The molecule has 0 radical (unpaired) electrons. The van der Waals surface area contributed by atoms with Crippen LogP contribution in [0, 0.1) is 0 Å². The number of nitrogens with one attached hydrogen (secondary N) is 1. The summed E-state index contributed by atoms with van der Waals surface area (Å²) >= 11 is 0. The van der Waals surface area contributed by atoms with Crippen molar-refractivity contribution in [2.24, 2.45) is 5.73 Å². The average molecular weight is 292 g/mol. The van der Waals surface area contributed by atoms with Crippen LogP contribution in [0.3, 0.4) is 0 Å². The molecule has 0 fully saturated rings. The predicted molar refractivity (Wildman–Crippen MR) is 62.1 cm³/mol. The number of amides is 1. The topological polar surface area (TPSA) is 113 Å². The Hall–Kier alpha value is -2.29. The van der Waals surface area contributed by atoms with E-state index < -0.39 is 41.8 Å². The SMILES string of the molecule is NC(=O)C(O)CNc1ccc(C(F)(F)F)cc1C(=O)O. The van der Waals surface area contributed by atoms with E-state index in [0.717, 1.165) is 6.07 Å². The van der Waals surface area contributed by atoms with Gasteiger partial charge in [-0.2, -0.15) is 13.2 Å². The minimum Gasteiger partial charge on any atom is -0.478 e. The highest BCUT2D eigenvalue weighted by Crippen LogP contribution is 2.31. The van der Waals surface area contributed by atoms with Crippen molar-refractivity contribution in [3.63, 3.8) is 0 Å². The number of carbonyl (C=O) groups is 2. The number of aliphatic hydroxyl groups is 1. The summed E-state index contributed by atoms with van der Waals surface area (Å²) in [5.41, 5.74) is 2.88. The number of alkyl halides is 3. The lowest BCUT2D eigenvalue weighted by Gasteiger charge is -2.14. The van der Waals surface area contributed by atoms with Gasteiger partial charge in [-0.1, -0.05) is 0 Å². The quantitative estimate of drug-likeness (QED) is 0.637. The summed E-state index contributed by atoms with van der Waals surface area (Å²) in [7, 11) is 0. The molecule has 0 aliphatic carbocycles. The zero-order chi connectivity index (χ0) is 15.5. The maximum atomic E-state index is 12.5. The minimum atomic E-state index is -4.67. The van der Waals surface area contributed by atoms with Crippen molar-refractivity contribution in [2.45, 2.75) is 12.3 Å². The zero-order valence-electron chi connectivity index (χ0n) is 9.94. The van der Waals surface area contributed by atoms with Crippen molar-refractivity contribution >= 4 is 17.6 Å². The summed E-state index contributed by atoms with van der Waals surface area (Å²) < 4.78 is 37.4. The number of hydrogen-bond acceptors (Lipinski definition) is 4. The van der Waals surface area contributed by atoms with Crippen LogP contribution >= 0.6 is 0 Å². The van der Waals surface area contributed by atoms with Gasteiger partial charge in [0.05, 0.1) is 11.1 Å². The number of primary amides is 1. The van der Waals surface area contributed by atoms with Crippen LogP contribution < -0.4 is 11.1 Å². The van der Waals surface area contributed by atoms with Crippen LogP contribution in [0.15, 0.2) is 18.2 Å². The summed E-state index contributed by atoms with van der Waals surface area (Å²) in [5, 5.41) is 20.4. The van der Waals surface area contributed by atoms with Crippen molar-refractivity contribution in [1.82, 2.24) is 0 Å². The van der Waals surface area contributed by atoms with Crippen LogP contribution in [0.5, 0.6) is 0 Å². The highest BCUT2D eigenvalue weighted by atomic mass is 19.4. The van der Waals surface area contributed by atoms with E-state index in [9.17, 15) is 22.8 Å². The third-order valence-corrected chi connectivity index (χ3v) is 2.39. The van der Waals surface area contributed by atoms with Gasteiger partial charge in [0.15, 0.2) is 0 Å². The van der Waals surface area contributed by atoms with Gasteiger partial charge in [0.2, 0.25) is 5.91 Å². The Morgan fingerprint density at radius 2 is 1.95 bits per heavy atom. The monoisotopic (exact) mass is 292 g/mol. The van der Waals surface area contributed by atoms with E-state index in [1.54, 1.807) is 0 Å². The van der Waals surface area contributed by atoms with Crippen LogP contribution in [0.4, 0.5) is 18.9 Å². The molecule has 110 valence electrons. The summed E-state index contributed by atoms with van der Waals surface area (Å²) in [5.74, 6) is -2.62. The first-order valence-corrected chi connectivity index (χ1v) is 5.28. The molecular weight excluding hydrogens is 281 g/mol. The molecule has 6 nitrogen and oxygen atoms in total. The molecule has 1 aromatic rings. The number of nitrogens with two attached hydrogens (primary N) is 1. The number of hydrogen-bond donors (Lipinski definition) is 4. The summed E-state index contributed by atoms with van der Waals surface area (Å²) in [6, 6.07) is 2.05. The second-order valence-corrected chi connectivity index (χ2v) is 3.86. The lowest BCUT2D eigenvalue weighted by atomic mass is 10.1. The van der Waals surface area contributed by atoms with Gasteiger partial charge in [0.1, 0.15) is 6.10 Å². The Kier molecular flexibility index (Phi) is 4.56. The maximum Gasteiger partial charge on any atom is 0.416 e. The fraction of sp³-hybridized carbons (Fsp3) is 0.273. The molecule has 1 aromatic carbocycles. The molecule has 0 heterocycles. The second kappa shape index (κ2) is 5.78. The van der Waals surface area contributed by atoms with Gasteiger partial charge in [-0.25, -0.2) is 4.79 Å². The molecule has 1 amide bonds. The highest BCUT2D eigenvalue weighted by Gasteiger charge is 2.31. The number of carbonyl (C=O) groups excluding carboxylic acids is 1. The Balaban J connectivity index is 3.02. The van der Waals surface area contributed by atoms with Gasteiger partial charge in [-0.15, -0.1) is 0 Å². The standard InChI is InChI=1S/C11H11F3N2O4/c12-11(13,14)5-1-2-7(6(3-5)10(19)20)16-4-8(17)9(15)18/h1-3,8,16-17H,4H2,(H2,15,18)(H,19,20). The lowest BCUT2D eigenvalue weighted by molar-refractivity contribution is -0.137. The van der Waals surface area contributed by atoms with E-state index >= 15 is 0 Å². The molecule has 0 spiro atoms. The Morgan fingerprint density at radius 3 is 2.40 bits per heavy atom. The smallest absolute Gasteiger partial charge is 0.416 e. The number of carboxylic acid groups (broad SMARTS) is 1. The largest absolute Gasteiger partial charge is 0.478 e. The van der Waals surface area contributed by atoms with E-state index in [0.29, 0.717) is 12.1 Å². The number of halogens is 3. The zero-order valence-corrected chi connectivity index (χ0v) is 9.94. The number of rotatable bonds is 5. The first kappa shape index (κ1) is 15.8. The fourth-order valence-electron chi connectivity index (χ4n) is 1.36. The first-order valence-electron chi connectivity index (χ1n) is 5.28. The Morgan fingerprint density at radius 1 is 1.35 bits per heavy atom. The van der Waals surface area contributed by atoms with Crippen molar-refractivity contribution < 1.29 is 33.0 Å². The van der Waals surface area contributed by atoms with Gasteiger partial charge in [0, 0.05) is 12.2 Å². The van der Waals surface area contributed by atoms with Gasteiger partial charge >= 0.3 is 12.1 Å². The molecule has 1 atom stereocenters. The van der Waals surface area contributed by atoms with Gasteiger partial charge in [-0.3, -0.25) is 4.79 Å².